The molecule has 0 aliphatic heterocycles. The molecule has 27 heavy (non-hydrogen) atoms. The summed E-state index contributed by atoms with van der Waals surface area (Å²) in [5.74, 6) is 0.765. The number of aryl methyl sites for hydroxylation is 1. The number of pyridine rings is 1. The summed E-state index contributed by atoms with van der Waals surface area (Å²) < 4.78 is 0. The minimum absolute atomic E-state index is 0.765. The standard InChI is InChI=1S/C24H35N3/c1-6-9-12-20(7-2)16-25-21(8-3)13-10-11-19(5)23-17-27-24-22(23)14-18(4)15-26-24/h10-11,13-15,17,20,25H,5-9,12,16H2,1-4H3,(H,26,27)/b11-10-,21-13+. The molecule has 2 aromatic heterocycles. The monoisotopic (exact) mass is 365 g/mol. The van der Waals surface area contributed by atoms with Gasteiger partial charge in [0.1, 0.15) is 5.65 Å². The Kier molecular flexibility index (Phi) is 8.38. The van der Waals surface area contributed by atoms with E-state index in [2.05, 4.69) is 73.9 Å². The summed E-state index contributed by atoms with van der Waals surface area (Å²) in [6.07, 6.45) is 16.4. The van der Waals surface area contributed by atoms with Crippen molar-refractivity contribution < 1.29 is 0 Å². The van der Waals surface area contributed by atoms with Crippen LogP contribution in [0.15, 0.2) is 49.0 Å². The molecule has 2 heterocycles. The topological polar surface area (TPSA) is 40.7 Å². The number of nitrogens with one attached hydrogen (secondary N) is 2. The van der Waals surface area contributed by atoms with Crippen molar-refractivity contribution in [3.8, 4) is 0 Å². The molecule has 2 rings (SSSR count). The van der Waals surface area contributed by atoms with Gasteiger partial charge in [0.05, 0.1) is 0 Å². The molecule has 0 saturated heterocycles. The van der Waals surface area contributed by atoms with Gasteiger partial charge in [0.2, 0.25) is 0 Å². The average molecular weight is 366 g/mol. The van der Waals surface area contributed by atoms with Gasteiger partial charge in [0, 0.05) is 35.6 Å². The van der Waals surface area contributed by atoms with Crippen LogP contribution in [0.5, 0.6) is 0 Å². The molecule has 0 aliphatic carbocycles. The van der Waals surface area contributed by atoms with Gasteiger partial charge in [-0.25, -0.2) is 4.98 Å². The van der Waals surface area contributed by atoms with Crippen molar-refractivity contribution in [3.05, 3.63) is 60.1 Å². The van der Waals surface area contributed by atoms with Crippen molar-refractivity contribution in [2.24, 2.45) is 5.92 Å². The summed E-state index contributed by atoms with van der Waals surface area (Å²) >= 11 is 0. The zero-order valence-electron chi connectivity index (χ0n) is 17.4. The molecule has 2 N–H and O–H groups in total. The maximum Gasteiger partial charge on any atom is 0.137 e. The third-order valence-electron chi connectivity index (χ3n) is 5.15. The van der Waals surface area contributed by atoms with Gasteiger partial charge in [-0.05, 0) is 49.0 Å². The molecule has 146 valence electrons. The minimum atomic E-state index is 0.765. The van der Waals surface area contributed by atoms with Crippen LogP contribution in [0, 0.1) is 12.8 Å². The summed E-state index contributed by atoms with van der Waals surface area (Å²) in [5.41, 5.74) is 5.46. The summed E-state index contributed by atoms with van der Waals surface area (Å²) in [6, 6.07) is 2.16. The van der Waals surface area contributed by atoms with Crippen LogP contribution in [-0.4, -0.2) is 16.5 Å². The molecule has 1 atom stereocenters. The normalized spacial score (nSPS) is 13.4. The van der Waals surface area contributed by atoms with E-state index < -0.39 is 0 Å². The van der Waals surface area contributed by atoms with Crippen LogP contribution < -0.4 is 5.32 Å². The first-order chi connectivity index (χ1) is 13.1. The van der Waals surface area contributed by atoms with E-state index in [-0.39, 0.29) is 0 Å². The maximum atomic E-state index is 4.43. The number of rotatable bonds is 11. The van der Waals surface area contributed by atoms with Crippen LogP contribution in [0.2, 0.25) is 0 Å². The second-order valence-corrected chi connectivity index (χ2v) is 7.34. The van der Waals surface area contributed by atoms with E-state index in [1.165, 1.54) is 31.4 Å². The van der Waals surface area contributed by atoms with Crippen molar-refractivity contribution in [2.45, 2.75) is 59.8 Å². The molecular weight excluding hydrogens is 330 g/mol. The number of aromatic nitrogens is 2. The second kappa shape index (κ2) is 10.8. The molecule has 0 spiro atoms. The second-order valence-electron chi connectivity index (χ2n) is 7.34. The Hall–Kier alpha value is -2.29. The van der Waals surface area contributed by atoms with Crippen LogP contribution in [0.1, 0.15) is 64.0 Å². The Bertz CT molecular complexity index is 795. The van der Waals surface area contributed by atoms with Gasteiger partial charge in [-0.2, -0.15) is 0 Å². The lowest BCUT2D eigenvalue weighted by atomic mass is 9.99. The first kappa shape index (κ1) is 21.0. The molecule has 2 aromatic rings. The van der Waals surface area contributed by atoms with Crippen LogP contribution in [0.25, 0.3) is 16.6 Å². The van der Waals surface area contributed by atoms with Crippen LogP contribution in [-0.2, 0) is 0 Å². The first-order valence-electron chi connectivity index (χ1n) is 10.3. The fraction of sp³-hybridized carbons (Fsp3) is 0.458. The van der Waals surface area contributed by atoms with Crippen LogP contribution in [0.4, 0.5) is 0 Å². The molecule has 0 radical (unpaired) electrons. The molecule has 0 aliphatic rings. The van der Waals surface area contributed by atoms with E-state index >= 15 is 0 Å². The number of aromatic amines is 1. The van der Waals surface area contributed by atoms with Gasteiger partial charge in [-0.3, -0.25) is 0 Å². The van der Waals surface area contributed by atoms with E-state index in [0.717, 1.165) is 46.6 Å². The Morgan fingerprint density at radius 3 is 2.85 bits per heavy atom. The highest BCUT2D eigenvalue weighted by atomic mass is 14.9. The Morgan fingerprint density at radius 1 is 1.33 bits per heavy atom. The van der Waals surface area contributed by atoms with Crippen molar-refractivity contribution in [2.75, 3.05) is 6.54 Å². The van der Waals surface area contributed by atoms with Crippen molar-refractivity contribution in [3.63, 3.8) is 0 Å². The van der Waals surface area contributed by atoms with Crippen molar-refractivity contribution in [1.82, 2.24) is 15.3 Å². The molecule has 0 amide bonds. The fourth-order valence-electron chi connectivity index (χ4n) is 3.26. The Labute approximate surface area is 164 Å². The molecule has 3 nitrogen and oxygen atoms in total. The zero-order valence-corrected chi connectivity index (χ0v) is 17.4. The average Bonchev–Trinajstić information content (AvgIpc) is 3.09. The highest BCUT2D eigenvalue weighted by Gasteiger charge is 2.07. The number of H-pyrrole nitrogens is 1. The molecule has 0 bridgehead atoms. The van der Waals surface area contributed by atoms with Gasteiger partial charge in [0.25, 0.3) is 0 Å². The fourth-order valence-corrected chi connectivity index (χ4v) is 3.26. The van der Waals surface area contributed by atoms with E-state index in [9.17, 15) is 0 Å². The summed E-state index contributed by atoms with van der Waals surface area (Å²) in [5, 5.41) is 4.77. The third-order valence-corrected chi connectivity index (χ3v) is 5.15. The summed E-state index contributed by atoms with van der Waals surface area (Å²) in [7, 11) is 0. The van der Waals surface area contributed by atoms with Crippen molar-refractivity contribution >= 4 is 16.6 Å². The SMILES string of the molecule is C=C(/C=C\C=C(/CC)NCC(CC)CCCC)c1c[nH]c2ncc(C)cc12. The number of fused-ring (bicyclic) bond motifs is 1. The van der Waals surface area contributed by atoms with E-state index in [1.54, 1.807) is 0 Å². The van der Waals surface area contributed by atoms with Gasteiger partial charge in [-0.15, -0.1) is 0 Å². The largest absolute Gasteiger partial charge is 0.388 e. The molecule has 3 heteroatoms. The van der Waals surface area contributed by atoms with Crippen LogP contribution >= 0.6 is 0 Å². The van der Waals surface area contributed by atoms with Gasteiger partial charge in [0.15, 0.2) is 0 Å². The molecule has 0 aromatic carbocycles. The lowest BCUT2D eigenvalue weighted by Gasteiger charge is -2.17. The lowest BCUT2D eigenvalue weighted by molar-refractivity contribution is 0.433. The smallest absolute Gasteiger partial charge is 0.137 e. The Balaban J connectivity index is 1.99. The first-order valence-corrected chi connectivity index (χ1v) is 10.3. The van der Waals surface area contributed by atoms with Gasteiger partial charge < -0.3 is 10.3 Å². The number of nitrogens with zero attached hydrogens (tertiary/aromatic N) is 1. The highest BCUT2D eigenvalue weighted by molar-refractivity contribution is 5.93. The predicted octanol–water partition coefficient (Wildman–Crippen LogP) is 6.54. The zero-order chi connectivity index (χ0) is 19.6. The quantitative estimate of drug-likeness (QED) is 0.444. The molecule has 0 saturated carbocycles. The number of allylic oxidation sites excluding steroid dienone is 5. The van der Waals surface area contributed by atoms with Gasteiger partial charge in [-0.1, -0.05) is 58.8 Å². The molecular formula is C24H35N3. The third kappa shape index (κ3) is 6.13. The Morgan fingerprint density at radius 2 is 2.15 bits per heavy atom. The maximum absolute atomic E-state index is 4.43. The van der Waals surface area contributed by atoms with Crippen LogP contribution in [0.3, 0.4) is 0 Å². The van der Waals surface area contributed by atoms with E-state index in [0.29, 0.717) is 0 Å². The van der Waals surface area contributed by atoms with E-state index in [4.69, 9.17) is 0 Å². The van der Waals surface area contributed by atoms with Crippen molar-refractivity contribution in [1.29, 1.82) is 0 Å². The lowest BCUT2D eigenvalue weighted by Crippen LogP contribution is -2.21. The van der Waals surface area contributed by atoms with E-state index in [1.807, 2.05) is 12.4 Å². The minimum Gasteiger partial charge on any atom is -0.388 e. The number of hydrogen-bond donors (Lipinski definition) is 2. The number of unbranched alkanes of at least 4 members (excludes halogenated alkanes) is 1. The highest BCUT2D eigenvalue weighted by Crippen LogP contribution is 2.24. The summed E-state index contributed by atoms with van der Waals surface area (Å²) in [4.78, 5) is 7.66. The van der Waals surface area contributed by atoms with Gasteiger partial charge >= 0.3 is 0 Å². The summed E-state index contributed by atoms with van der Waals surface area (Å²) in [6.45, 7) is 14.1. The number of hydrogen-bond acceptors (Lipinski definition) is 2. The molecule has 1 unspecified atom stereocenters. The molecule has 0 fully saturated rings. The predicted molar refractivity (Wildman–Crippen MR) is 119 cm³/mol.